The SMILES string of the molecule is Nc1ccccc1CC(=O)OCCc1cccs1. The number of nitrogen functional groups attached to an aromatic ring is 1. The first-order chi connectivity index (χ1) is 8.75. The Labute approximate surface area is 110 Å². The Kier molecular flexibility index (Phi) is 4.36. The van der Waals surface area contributed by atoms with Gasteiger partial charge in [-0.2, -0.15) is 0 Å². The van der Waals surface area contributed by atoms with Gasteiger partial charge in [-0.05, 0) is 23.1 Å². The molecule has 0 spiro atoms. The first-order valence-corrected chi connectivity index (χ1v) is 6.65. The van der Waals surface area contributed by atoms with Crippen LogP contribution >= 0.6 is 11.3 Å². The van der Waals surface area contributed by atoms with Crippen LogP contribution in [0.1, 0.15) is 10.4 Å². The maximum atomic E-state index is 11.6. The molecule has 0 atom stereocenters. The number of hydrogen-bond donors (Lipinski definition) is 1. The summed E-state index contributed by atoms with van der Waals surface area (Å²) in [5.41, 5.74) is 7.22. The molecule has 0 unspecified atom stereocenters. The average Bonchev–Trinajstić information content (AvgIpc) is 2.85. The molecule has 0 bridgehead atoms. The molecule has 0 aliphatic carbocycles. The van der Waals surface area contributed by atoms with E-state index in [4.69, 9.17) is 10.5 Å². The summed E-state index contributed by atoms with van der Waals surface area (Å²) >= 11 is 1.67. The molecule has 1 aromatic heterocycles. The van der Waals surface area contributed by atoms with Crippen LogP contribution in [0, 0.1) is 0 Å². The molecule has 2 aromatic rings. The molecular formula is C14H15NO2S. The molecule has 0 saturated carbocycles. The molecule has 0 aliphatic heterocycles. The molecule has 0 fully saturated rings. The minimum Gasteiger partial charge on any atom is -0.465 e. The molecule has 4 heteroatoms. The van der Waals surface area contributed by atoms with E-state index in [-0.39, 0.29) is 12.4 Å². The van der Waals surface area contributed by atoms with E-state index in [1.54, 1.807) is 17.4 Å². The molecule has 0 saturated heterocycles. The summed E-state index contributed by atoms with van der Waals surface area (Å²) < 4.78 is 5.19. The molecular weight excluding hydrogens is 246 g/mol. The summed E-state index contributed by atoms with van der Waals surface area (Å²) in [5, 5.41) is 2.02. The predicted molar refractivity (Wildman–Crippen MR) is 73.5 cm³/mol. The summed E-state index contributed by atoms with van der Waals surface area (Å²) in [6, 6.07) is 11.4. The van der Waals surface area contributed by atoms with Gasteiger partial charge in [-0.1, -0.05) is 24.3 Å². The standard InChI is InChI=1S/C14H15NO2S/c15-13-6-2-1-4-11(13)10-14(16)17-8-7-12-5-3-9-18-12/h1-6,9H,7-8,10,15H2. The lowest BCUT2D eigenvalue weighted by molar-refractivity contribution is -0.142. The Bertz CT molecular complexity index is 508. The van der Waals surface area contributed by atoms with Gasteiger partial charge < -0.3 is 10.5 Å². The first kappa shape index (κ1) is 12.6. The molecule has 0 amide bonds. The molecule has 2 N–H and O–H groups in total. The zero-order chi connectivity index (χ0) is 12.8. The largest absolute Gasteiger partial charge is 0.465 e. The van der Waals surface area contributed by atoms with Crippen molar-refractivity contribution in [2.45, 2.75) is 12.8 Å². The van der Waals surface area contributed by atoms with Crippen molar-refractivity contribution >= 4 is 23.0 Å². The minimum atomic E-state index is -0.232. The molecule has 2 rings (SSSR count). The summed E-state index contributed by atoms with van der Waals surface area (Å²) in [4.78, 5) is 12.8. The van der Waals surface area contributed by atoms with Crippen LogP contribution in [0.2, 0.25) is 0 Å². The Morgan fingerprint density at radius 2 is 2.06 bits per heavy atom. The number of rotatable bonds is 5. The second kappa shape index (κ2) is 6.21. The van der Waals surface area contributed by atoms with Crippen molar-refractivity contribution in [2.75, 3.05) is 12.3 Å². The van der Waals surface area contributed by atoms with Gasteiger partial charge in [-0.3, -0.25) is 4.79 Å². The van der Waals surface area contributed by atoms with Gasteiger partial charge >= 0.3 is 5.97 Å². The zero-order valence-electron chi connectivity index (χ0n) is 9.96. The zero-order valence-corrected chi connectivity index (χ0v) is 10.8. The fourth-order valence-electron chi connectivity index (χ4n) is 1.62. The summed E-state index contributed by atoms with van der Waals surface area (Å²) in [6.07, 6.45) is 1.00. The number of thiophene rings is 1. The van der Waals surface area contributed by atoms with Crippen LogP contribution in [0.5, 0.6) is 0 Å². The number of para-hydroxylation sites is 1. The Balaban J connectivity index is 1.77. The quantitative estimate of drug-likeness (QED) is 0.665. The van der Waals surface area contributed by atoms with Gasteiger partial charge in [0.15, 0.2) is 0 Å². The highest BCUT2D eigenvalue weighted by Crippen LogP contribution is 2.12. The number of carbonyl (C=O) groups is 1. The summed E-state index contributed by atoms with van der Waals surface area (Å²) in [5.74, 6) is -0.232. The van der Waals surface area contributed by atoms with E-state index in [1.807, 2.05) is 35.7 Å². The van der Waals surface area contributed by atoms with Crippen molar-refractivity contribution in [3.8, 4) is 0 Å². The molecule has 18 heavy (non-hydrogen) atoms. The maximum absolute atomic E-state index is 11.6. The van der Waals surface area contributed by atoms with Gasteiger partial charge in [0.05, 0.1) is 13.0 Å². The smallest absolute Gasteiger partial charge is 0.310 e. The molecule has 1 aromatic carbocycles. The summed E-state index contributed by atoms with van der Waals surface area (Å²) in [6.45, 7) is 0.423. The van der Waals surface area contributed by atoms with Crippen molar-refractivity contribution < 1.29 is 9.53 Å². The summed E-state index contributed by atoms with van der Waals surface area (Å²) in [7, 11) is 0. The highest BCUT2D eigenvalue weighted by atomic mass is 32.1. The van der Waals surface area contributed by atoms with Gasteiger partial charge in [-0.15, -0.1) is 11.3 Å². The number of hydrogen-bond acceptors (Lipinski definition) is 4. The predicted octanol–water partition coefficient (Wildman–Crippen LogP) is 2.66. The number of carbonyl (C=O) groups excluding carboxylic acids is 1. The van der Waals surface area contributed by atoms with Crippen LogP contribution in [0.25, 0.3) is 0 Å². The Morgan fingerprint density at radius 1 is 1.22 bits per heavy atom. The maximum Gasteiger partial charge on any atom is 0.310 e. The third-order valence-corrected chi connectivity index (χ3v) is 3.52. The van der Waals surface area contributed by atoms with E-state index in [0.717, 1.165) is 12.0 Å². The van der Waals surface area contributed by atoms with Crippen molar-refractivity contribution in [2.24, 2.45) is 0 Å². The molecule has 0 aliphatic rings. The van der Waals surface area contributed by atoms with Gasteiger partial charge in [0.1, 0.15) is 0 Å². The van der Waals surface area contributed by atoms with E-state index >= 15 is 0 Å². The number of nitrogens with two attached hydrogens (primary N) is 1. The van der Waals surface area contributed by atoms with Gasteiger partial charge in [0.25, 0.3) is 0 Å². The van der Waals surface area contributed by atoms with Gasteiger partial charge in [0.2, 0.25) is 0 Å². The van der Waals surface area contributed by atoms with Crippen molar-refractivity contribution in [3.05, 3.63) is 52.2 Å². The third kappa shape index (κ3) is 3.60. The average molecular weight is 261 g/mol. The highest BCUT2D eigenvalue weighted by Gasteiger charge is 2.07. The monoisotopic (exact) mass is 261 g/mol. The van der Waals surface area contributed by atoms with Crippen LogP contribution in [0.4, 0.5) is 5.69 Å². The topological polar surface area (TPSA) is 52.3 Å². The van der Waals surface area contributed by atoms with Gasteiger partial charge in [0, 0.05) is 17.0 Å². The second-order valence-corrected chi connectivity index (χ2v) is 4.96. The first-order valence-electron chi connectivity index (χ1n) is 5.77. The van der Waals surface area contributed by atoms with E-state index in [0.29, 0.717) is 12.3 Å². The van der Waals surface area contributed by atoms with Crippen LogP contribution in [-0.4, -0.2) is 12.6 Å². The minimum absolute atomic E-state index is 0.232. The lowest BCUT2D eigenvalue weighted by Gasteiger charge is -2.06. The number of ether oxygens (including phenoxy) is 1. The Hall–Kier alpha value is -1.81. The molecule has 94 valence electrons. The normalized spacial score (nSPS) is 10.2. The molecule has 3 nitrogen and oxygen atoms in total. The fraction of sp³-hybridized carbons (Fsp3) is 0.214. The number of esters is 1. The van der Waals surface area contributed by atoms with E-state index < -0.39 is 0 Å². The Morgan fingerprint density at radius 3 is 2.78 bits per heavy atom. The van der Waals surface area contributed by atoms with E-state index in [2.05, 4.69) is 0 Å². The lowest BCUT2D eigenvalue weighted by atomic mass is 10.1. The van der Waals surface area contributed by atoms with Gasteiger partial charge in [-0.25, -0.2) is 0 Å². The van der Waals surface area contributed by atoms with Crippen molar-refractivity contribution in [3.63, 3.8) is 0 Å². The van der Waals surface area contributed by atoms with Crippen LogP contribution in [-0.2, 0) is 22.4 Å². The van der Waals surface area contributed by atoms with Crippen molar-refractivity contribution in [1.29, 1.82) is 0 Å². The highest BCUT2D eigenvalue weighted by molar-refractivity contribution is 7.09. The van der Waals surface area contributed by atoms with E-state index in [9.17, 15) is 4.79 Å². The van der Waals surface area contributed by atoms with Crippen LogP contribution in [0.3, 0.4) is 0 Å². The molecule has 1 heterocycles. The lowest BCUT2D eigenvalue weighted by Crippen LogP contribution is -2.11. The second-order valence-electron chi connectivity index (χ2n) is 3.93. The fourth-order valence-corrected chi connectivity index (χ4v) is 2.31. The van der Waals surface area contributed by atoms with E-state index in [1.165, 1.54) is 4.88 Å². The van der Waals surface area contributed by atoms with Crippen LogP contribution < -0.4 is 5.73 Å². The molecule has 0 radical (unpaired) electrons. The number of benzene rings is 1. The van der Waals surface area contributed by atoms with Crippen molar-refractivity contribution in [1.82, 2.24) is 0 Å². The number of anilines is 1. The van der Waals surface area contributed by atoms with Crippen LogP contribution in [0.15, 0.2) is 41.8 Å². The third-order valence-electron chi connectivity index (χ3n) is 2.58.